The second kappa shape index (κ2) is 10.0. The van der Waals surface area contributed by atoms with Gasteiger partial charge in [-0.2, -0.15) is 0 Å². The van der Waals surface area contributed by atoms with E-state index in [-0.39, 0.29) is 0 Å². The fraction of sp³-hybridized carbons (Fsp3) is 0. The van der Waals surface area contributed by atoms with E-state index in [0.29, 0.717) is 0 Å². The predicted octanol–water partition coefficient (Wildman–Crippen LogP) is 9.39. The molecule has 5 aromatic carbocycles. The number of nitrogens with zero attached hydrogens (tertiary/aromatic N) is 4. The predicted molar refractivity (Wildman–Crippen MR) is 172 cm³/mol. The average molecular weight is 537 g/mol. The average Bonchev–Trinajstić information content (AvgIpc) is 3.08. The van der Waals surface area contributed by atoms with Gasteiger partial charge in [0.15, 0.2) is 5.82 Å². The van der Waals surface area contributed by atoms with Gasteiger partial charge in [-0.25, -0.2) is 19.9 Å². The van der Waals surface area contributed by atoms with Crippen LogP contribution in [-0.4, -0.2) is 19.9 Å². The molecule has 0 amide bonds. The summed E-state index contributed by atoms with van der Waals surface area (Å²) in [5.74, 6) is 0.729. The van der Waals surface area contributed by atoms with Gasteiger partial charge in [-0.1, -0.05) is 97.1 Å². The number of hydrogen-bond acceptors (Lipinski definition) is 4. The maximum absolute atomic E-state index is 5.14. The van der Waals surface area contributed by atoms with E-state index in [1.807, 2.05) is 30.3 Å². The van der Waals surface area contributed by atoms with Crippen molar-refractivity contribution in [3.63, 3.8) is 0 Å². The van der Waals surface area contributed by atoms with Gasteiger partial charge >= 0.3 is 0 Å². The van der Waals surface area contributed by atoms with Gasteiger partial charge in [0.25, 0.3) is 0 Å². The molecule has 4 nitrogen and oxygen atoms in total. The molecule has 3 aromatic heterocycles. The molecule has 0 bridgehead atoms. The first kappa shape index (κ1) is 24.1. The molecule has 8 aromatic rings. The van der Waals surface area contributed by atoms with E-state index < -0.39 is 0 Å². The van der Waals surface area contributed by atoms with Gasteiger partial charge < -0.3 is 0 Å². The second-order valence-electron chi connectivity index (χ2n) is 10.4. The topological polar surface area (TPSA) is 51.6 Å². The van der Waals surface area contributed by atoms with Crippen LogP contribution in [0.25, 0.3) is 77.6 Å². The lowest BCUT2D eigenvalue weighted by atomic mass is 9.98. The van der Waals surface area contributed by atoms with E-state index in [2.05, 4.69) is 113 Å². The summed E-state index contributed by atoms with van der Waals surface area (Å²) in [6.45, 7) is 0. The van der Waals surface area contributed by atoms with E-state index in [1.165, 1.54) is 10.8 Å². The van der Waals surface area contributed by atoms with Crippen molar-refractivity contribution in [3.8, 4) is 45.0 Å². The Labute approximate surface area is 243 Å². The molecule has 4 heteroatoms. The van der Waals surface area contributed by atoms with Crippen LogP contribution in [0.5, 0.6) is 0 Å². The standard InChI is InChI=1S/C38H24N4/c1-2-6-25(7-3-1)34-18-16-26-10-11-27-17-19-35(42-37(27)36(26)41-34)32-15-14-30-22-29(12-13-31(30)23-32)28-8-4-9-33(24-28)38-39-20-5-21-40-38/h1-24H. The second-order valence-corrected chi connectivity index (χ2v) is 10.4. The zero-order valence-electron chi connectivity index (χ0n) is 22.6. The molecule has 42 heavy (non-hydrogen) atoms. The first-order chi connectivity index (χ1) is 20.8. The number of fused-ring (bicyclic) bond motifs is 4. The van der Waals surface area contributed by atoms with E-state index in [1.54, 1.807) is 12.4 Å². The fourth-order valence-corrected chi connectivity index (χ4v) is 5.57. The summed E-state index contributed by atoms with van der Waals surface area (Å²) in [7, 11) is 0. The Morgan fingerprint density at radius 3 is 1.57 bits per heavy atom. The summed E-state index contributed by atoms with van der Waals surface area (Å²) in [6.07, 6.45) is 3.54. The highest BCUT2D eigenvalue weighted by Gasteiger charge is 2.10. The number of rotatable bonds is 4. The lowest BCUT2D eigenvalue weighted by Crippen LogP contribution is -1.91. The number of pyridine rings is 2. The van der Waals surface area contributed by atoms with Crippen LogP contribution in [0.3, 0.4) is 0 Å². The van der Waals surface area contributed by atoms with E-state index in [4.69, 9.17) is 9.97 Å². The van der Waals surface area contributed by atoms with Crippen LogP contribution >= 0.6 is 0 Å². The van der Waals surface area contributed by atoms with Crippen molar-refractivity contribution in [2.75, 3.05) is 0 Å². The molecular weight excluding hydrogens is 512 g/mol. The van der Waals surface area contributed by atoms with E-state index in [0.717, 1.165) is 66.8 Å². The van der Waals surface area contributed by atoms with Gasteiger partial charge in [0.1, 0.15) is 0 Å². The first-order valence-electron chi connectivity index (χ1n) is 14.0. The van der Waals surface area contributed by atoms with Crippen molar-refractivity contribution >= 4 is 32.6 Å². The maximum atomic E-state index is 5.14. The van der Waals surface area contributed by atoms with Gasteiger partial charge in [0.05, 0.1) is 22.4 Å². The van der Waals surface area contributed by atoms with Crippen LogP contribution in [0.2, 0.25) is 0 Å². The Balaban J connectivity index is 1.18. The van der Waals surface area contributed by atoms with Crippen molar-refractivity contribution < 1.29 is 0 Å². The van der Waals surface area contributed by atoms with Crippen molar-refractivity contribution in [2.45, 2.75) is 0 Å². The molecule has 0 saturated heterocycles. The molecule has 8 rings (SSSR count). The minimum Gasteiger partial charge on any atom is -0.245 e. The maximum Gasteiger partial charge on any atom is 0.159 e. The first-order valence-corrected chi connectivity index (χ1v) is 14.0. The minimum absolute atomic E-state index is 0.729. The van der Waals surface area contributed by atoms with Gasteiger partial charge in [-0.15, -0.1) is 0 Å². The molecule has 0 N–H and O–H groups in total. The quantitative estimate of drug-likeness (QED) is 0.210. The molecule has 0 unspecified atom stereocenters. The summed E-state index contributed by atoms with van der Waals surface area (Å²) in [6, 6.07) is 46.3. The lowest BCUT2D eigenvalue weighted by Gasteiger charge is -2.10. The van der Waals surface area contributed by atoms with E-state index in [9.17, 15) is 0 Å². The lowest BCUT2D eigenvalue weighted by molar-refractivity contribution is 1.18. The molecule has 0 spiro atoms. The highest BCUT2D eigenvalue weighted by molar-refractivity contribution is 6.04. The molecule has 0 saturated carbocycles. The van der Waals surface area contributed by atoms with Crippen LogP contribution in [0.1, 0.15) is 0 Å². The van der Waals surface area contributed by atoms with Gasteiger partial charge in [-0.05, 0) is 58.3 Å². The largest absolute Gasteiger partial charge is 0.245 e. The zero-order chi connectivity index (χ0) is 27.9. The number of benzene rings is 5. The van der Waals surface area contributed by atoms with Gasteiger partial charge in [0.2, 0.25) is 0 Å². The minimum atomic E-state index is 0.729. The van der Waals surface area contributed by atoms with Gasteiger partial charge in [-0.3, -0.25) is 0 Å². The van der Waals surface area contributed by atoms with Crippen molar-refractivity contribution in [1.29, 1.82) is 0 Å². The third-order valence-electron chi connectivity index (χ3n) is 7.75. The summed E-state index contributed by atoms with van der Waals surface area (Å²) in [5, 5.41) is 4.51. The molecule has 0 aliphatic heterocycles. The Morgan fingerprint density at radius 1 is 0.333 bits per heavy atom. The summed E-state index contributed by atoms with van der Waals surface area (Å²) in [4.78, 5) is 19.0. The van der Waals surface area contributed by atoms with Crippen LogP contribution in [0.4, 0.5) is 0 Å². The Hall–Kier alpha value is -5.74. The summed E-state index contributed by atoms with van der Waals surface area (Å²) >= 11 is 0. The van der Waals surface area contributed by atoms with E-state index >= 15 is 0 Å². The van der Waals surface area contributed by atoms with Crippen molar-refractivity contribution in [3.05, 3.63) is 146 Å². The van der Waals surface area contributed by atoms with Gasteiger partial charge in [0, 0.05) is 39.9 Å². The van der Waals surface area contributed by atoms with Crippen LogP contribution in [0, 0.1) is 0 Å². The third kappa shape index (κ3) is 4.36. The number of aromatic nitrogens is 4. The molecule has 196 valence electrons. The van der Waals surface area contributed by atoms with Crippen molar-refractivity contribution in [1.82, 2.24) is 19.9 Å². The zero-order valence-corrected chi connectivity index (χ0v) is 22.6. The summed E-state index contributed by atoms with van der Waals surface area (Å²) < 4.78 is 0. The van der Waals surface area contributed by atoms with Crippen LogP contribution in [-0.2, 0) is 0 Å². The van der Waals surface area contributed by atoms with Crippen molar-refractivity contribution in [2.24, 2.45) is 0 Å². The molecule has 0 atom stereocenters. The van der Waals surface area contributed by atoms with Crippen LogP contribution in [0.15, 0.2) is 146 Å². The molecule has 3 heterocycles. The van der Waals surface area contributed by atoms with Crippen LogP contribution < -0.4 is 0 Å². The highest BCUT2D eigenvalue weighted by atomic mass is 14.8. The Morgan fingerprint density at radius 2 is 0.857 bits per heavy atom. The highest BCUT2D eigenvalue weighted by Crippen LogP contribution is 2.32. The third-order valence-corrected chi connectivity index (χ3v) is 7.75. The number of hydrogen-bond donors (Lipinski definition) is 0. The molecule has 0 fully saturated rings. The molecular formula is C38H24N4. The Kier molecular flexibility index (Phi) is 5.75. The molecule has 0 radical (unpaired) electrons. The SMILES string of the molecule is c1ccc(-c2ccc3ccc4ccc(-c5ccc6cc(-c7cccc(-c8ncccn8)c7)ccc6c5)nc4c3n2)cc1. The monoisotopic (exact) mass is 536 g/mol. The normalized spacial score (nSPS) is 11.3. The fourth-order valence-electron chi connectivity index (χ4n) is 5.57. The Bertz CT molecular complexity index is 2240. The smallest absolute Gasteiger partial charge is 0.159 e. The molecule has 0 aliphatic carbocycles. The molecule has 0 aliphatic rings. The summed E-state index contributed by atoms with van der Waals surface area (Å²) in [5.41, 5.74) is 9.20.